The van der Waals surface area contributed by atoms with Gasteiger partial charge in [-0.05, 0) is 6.42 Å². The highest BCUT2D eigenvalue weighted by molar-refractivity contribution is 5.82. The van der Waals surface area contributed by atoms with Crippen LogP contribution in [0.25, 0.3) is 0 Å². The fraction of sp³-hybridized carbons (Fsp3) is 0.583. The van der Waals surface area contributed by atoms with E-state index >= 15 is 0 Å². The number of hydrogen-bond acceptors (Lipinski definition) is 4. The number of rotatable bonds is 6. The number of amides is 2. The second-order valence-corrected chi connectivity index (χ2v) is 4.47. The monoisotopic (exact) mass is 266 g/mol. The number of aromatic nitrogens is 2. The van der Waals surface area contributed by atoms with Gasteiger partial charge in [0.25, 0.3) is 0 Å². The third-order valence-electron chi connectivity index (χ3n) is 3.03. The summed E-state index contributed by atoms with van der Waals surface area (Å²) in [6, 6.07) is 0.0281. The summed E-state index contributed by atoms with van der Waals surface area (Å²) in [4.78, 5) is 28.5. The molecule has 0 aliphatic carbocycles. The Hall–Kier alpha value is -2.05. The molecule has 104 valence electrons. The van der Waals surface area contributed by atoms with E-state index < -0.39 is 6.09 Å². The van der Waals surface area contributed by atoms with Gasteiger partial charge in [0.2, 0.25) is 5.91 Å². The van der Waals surface area contributed by atoms with Crippen LogP contribution in [0.2, 0.25) is 0 Å². The van der Waals surface area contributed by atoms with Crippen LogP contribution in [0.3, 0.4) is 0 Å². The quantitative estimate of drug-likeness (QED) is 0.799. The Morgan fingerprint density at radius 1 is 1.63 bits per heavy atom. The average Bonchev–Trinajstić information content (AvgIpc) is 3.01. The van der Waals surface area contributed by atoms with E-state index in [2.05, 4.69) is 10.3 Å². The van der Waals surface area contributed by atoms with Crippen molar-refractivity contribution >= 4 is 12.0 Å². The van der Waals surface area contributed by atoms with E-state index in [9.17, 15) is 9.59 Å². The van der Waals surface area contributed by atoms with Crippen molar-refractivity contribution in [3.05, 3.63) is 18.7 Å². The van der Waals surface area contributed by atoms with Gasteiger partial charge in [-0.25, -0.2) is 9.78 Å². The second-order valence-electron chi connectivity index (χ2n) is 4.47. The molecule has 0 aromatic carbocycles. The highest BCUT2D eigenvalue weighted by Gasteiger charge is 2.24. The number of nitrogens with zero attached hydrogens (tertiary/aromatic N) is 3. The van der Waals surface area contributed by atoms with Crippen LogP contribution in [0.5, 0.6) is 0 Å². The molecular formula is C12H18N4O3. The molecule has 1 N–H and O–H groups in total. The standard InChI is InChI=1S/C12H18N4O3/c1-2-10(7-15-4-3-13-9-15)14-11(17)8-16-5-6-19-12(16)18/h3-4,9-10H,2,5-8H2,1H3,(H,14,17). The van der Waals surface area contributed by atoms with Crippen LogP contribution >= 0.6 is 0 Å². The molecule has 1 aromatic rings. The third kappa shape index (κ3) is 3.70. The number of hydrogen-bond donors (Lipinski definition) is 1. The van der Waals surface area contributed by atoms with E-state index in [0.717, 1.165) is 6.42 Å². The summed E-state index contributed by atoms with van der Waals surface area (Å²) >= 11 is 0. The van der Waals surface area contributed by atoms with E-state index in [1.807, 2.05) is 17.7 Å². The van der Waals surface area contributed by atoms with Crippen LogP contribution < -0.4 is 5.32 Å². The molecule has 1 unspecified atom stereocenters. The predicted octanol–water partition coefficient (Wildman–Crippen LogP) is 0.230. The van der Waals surface area contributed by atoms with Crippen molar-refractivity contribution in [1.82, 2.24) is 19.8 Å². The predicted molar refractivity (Wildman–Crippen MR) is 67.4 cm³/mol. The summed E-state index contributed by atoms with van der Waals surface area (Å²) < 4.78 is 6.69. The van der Waals surface area contributed by atoms with Gasteiger partial charge in [-0.15, -0.1) is 0 Å². The third-order valence-corrected chi connectivity index (χ3v) is 3.03. The molecule has 2 amide bonds. The van der Waals surface area contributed by atoms with Gasteiger partial charge in [-0.1, -0.05) is 6.92 Å². The molecule has 0 radical (unpaired) electrons. The van der Waals surface area contributed by atoms with E-state index in [1.165, 1.54) is 4.90 Å². The molecule has 7 heteroatoms. The van der Waals surface area contributed by atoms with Crippen LogP contribution in [0.4, 0.5) is 4.79 Å². The lowest BCUT2D eigenvalue weighted by molar-refractivity contribution is -0.122. The summed E-state index contributed by atoms with van der Waals surface area (Å²) in [6.07, 6.45) is 5.67. The van der Waals surface area contributed by atoms with E-state index in [1.54, 1.807) is 12.5 Å². The molecule has 2 rings (SSSR count). The van der Waals surface area contributed by atoms with Crippen molar-refractivity contribution in [2.45, 2.75) is 25.9 Å². The lowest BCUT2D eigenvalue weighted by Gasteiger charge is -2.19. The van der Waals surface area contributed by atoms with E-state index in [0.29, 0.717) is 19.7 Å². The largest absolute Gasteiger partial charge is 0.448 e. The Labute approximate surface area is 111 Å². The first kappa shape index (κ1) is 13.4. The summed E-state index contributed by atoms with van der Waals surface area (Å²) in [5.74, 6) is -0.161. The lowest BCUT2D eigenvalue weighted by Crippen LogP contribution is -2.43. The zero-order valence-corrected chi connectivity index (χ0v) is 10.9. The molecule has 19 heavy (non-hydrogen) atoms. The summed E-state index contributed by atoms with van der Waals surface area (Å²) in [7, 11) is 0. The van der Waals surface area contributed by atoms with Crippen LogP contribution in [0.15, 0.2) is 18.7 Å². The van der Waals surface area contributed by atoms with Gasteiger partial charge < -0.3 is 14.6 Å². The molecule has 1 atom stereocenters. The zero-order valence-electron chi connectivity index (χ0n) is 10.9. The number of ether oxygens (including phenoxy) is 1. The maximum absolute atomic E-state index is 11.9. The van der Waals surface area contributed by atoms with Crippen LogP contribution in [-0.4, -0.2) is 52.2 Å². The van der Waals surface area contributed by atoms with Gasteiger partial charge in [0.15, 0.2) is 0 Å². The first-order chi connectivity index (χ1) is 9.19. The van der Waals surface area contributed by atoms with Crippen molar-refractivity contribution in [3.8, 4) is 0 Å². The fourth-order valence-corrected chi connectivity index (χ4v) is 1.94. The fourth-order valence-electron chi connectivity index (χ4n) is 1.94. The smallest absolute Gasteiger partial charge is 0.410 e. The summed E-state index contributed by atoms with van der Waals surface area (Å²) in [5.41, 5.74) is 0. The minimum atomic E-state index is -0.419. The molecule has 0 spiro atoms. The highest BCUT2D eigenvalue weighted by atomic mass is 16.6. The maximum Gasteiger partial charge on any atom is 0.410 e. The number of nitrogens with one attached hydrogen (secondary N) is 1. The average molecular weight is 266 g/mol. The Morgan fingerprint density at radius 2 is 2.47 bits per heavy atom. The van der Waals surface area contributed by atoms with Gasteiger partial charge in [0, 0.05) is 25.0 Å². The number of imidazole rings is 1. The zero-order chi connectivity index (χ0) is 13.7. The Kier molecular flexibility index (Phi) is 4.38. The maximum atomic E-state index is 11.9. The summed E-state index contributed by atoms with van der Waals surface area (Å²) in [5, 5.41) is 2.92. The second kappa shape index (κ2) is 6.21. The van der Waals surface area contributed by atoms with E-state index in [-0.39, 0.29) is 18.5 Å². The van der Waals surface area contributed by atoms with Crippen molar-refractivity contribution in [2.75, 3.05) is 19.7 Å². The van der Waals surface area contributed by atoms with Gasteiger partial charge >= 0.3 is 6.09 Å². The van der Waals surface area contributed by atoms with Gasteiger partial charge in [-0.2, -0.15) is 0 Å². The van der Waals surface area contributed by atoms with Gasteiger partial charge in [0.05, 0.1) is 12.9 Å². The van der Waals surface area contributed by atoms with Gasteiger partial charge in [-0.3, -0.25) is 9.69 Å². The van der Waals surface area contributed by atoms with Crippen LogP contribution in [0.1, 0.15) is 13.3 Å². The first-order valence-corrected chi connectivity index (χ1v) is 6.36. The van der Waals surface area contributed by atoms with Crippen LogP contribution in [0, 0.1) is 0 Å². The minimum absolute atomic E-state index is 0.0281. The van der Waals surface area contributed by atoms with Crippen LogP contribution in [-0.2, 0) is 16.1 Å². The highest BCUT2D eigenvalue weighted by Crippen LogP contribution is 2.03. The molecular weight excluding hydrogens is 248 g/mol. The molecule has 1 aromatic heterocycles. The van der Waals surface area contributed by atoms with Crippen molar-refractivity contribution in [1.29, 1.82) is 0 Å². The molecule has 0 saturated carbocycles. The van der Waals surface area contributed by atoms with E-state index in [4.69, 9.17) is 4.74 Å². The van der Waals surface area contributed by atoms with Crippen molar-refractivity contribution in [3.63, 3.8) is 0 Å². The number of carbonyl (C=O) groups is 2. The molecule has 1 fully saturated rings. The number of carbonyl (C=O) groups excluding carboxylic acids is 2. The Balaban J connectivity index is 1.80. The molecule has 1 saturated heterocycles. The SMILES string of the molecule is CCC(Cn1ccnc1)NC(=O)CN1CCOC1=O. The Morgan fingerprint density at radius 3 is 3.05 bits per heavy atom. The topological polar surface area (TPSA) is 76.5 Å². The molecule has 0 bridgehead atoms. The molecule has 7 nitrogen and oxygen atoms in total. The van der Waals surface area contributed by atoms with Crippen molar-refractivity contribution < 1.29 is 14.3 Å². The molecule has 2 heterocycles. The Bertz CT molecular complexity index is 432. The molecule has 1 aliphatic heterocycles. The first-order valence-electron chi connectivity index (χ1n) is 6.36. The van der Waals surface area contributed by atoms with Gasteiger partial charge in [0.1, 0.15) is 13.2 Å². The lowest BCUT2D eigenvalue weighted by atomic mass is 10.2. The number of cyclic esters (lactones) is 1. The van der Waals surface area contributed by atoms with Crippen molar-refractivity contribution in [2.24, 2.45) is 0 Å². The minimum Gasteiger partial charge on any atom is -0.448 e. The normalized spacial score (nSPS) is 16.3. The summed E-state index contributed by atoms with van der Waals surface area (Å²) in [6.45, 7) is 3.57. The molecule has 1 aliphatic rings.